The molecule has 0 bridgehead atoms. The average molecular weight is 328 g/mol. The Morgan fingerprint density at radius 3 is 2.48 bits per heavy atom. The highest BCUT2D eigenvalue weighted by Crippen LogP contribution is 2.18. The van der Waals surface area contributed by atoms with Gasteiger partial charge in [0.1, 0.15) is 0 Å². The van der Waals surface area contributed by atoms with E-state index in [1.54, 1.807) is 0 Å². The topological polar surface area (TPSA) is 50.8 Å². The van der Waals surface area contributed by atoms with E-state index < -0.39 is 0 Å². The van der Waals surface area contributed by atoms with Crippen LogP contribution in [0.15, 0.2) is 0 Å². The molecule has 2 amide bonds. The van der Waals surface area contributed by atoms with Crippen LogP contribution in [0.1, 0.15) is 60.8 Å². The molecule has 1 fully saturated rings. The summed E-state index contributed by atoms with van der Waals surface area (Å²) in [7, 11) is 0. The van der Waals surface area contributed by atoms with Crippen molar-refractivity contribution in [2.45, 2.75) is 85.2 Å². The van der Waals surface area contributed by atoms with Crippen molar-refractivity contribution in [1.29, 1.82) is 0 Å². The van der Waals surface area contributed by atoms with Crippen LogP contribution in [0.5, 0.6) is 0 Å². The molecule has 0 spiro atoms. The minimum atomic E-state index is 0.0455. The fourth-order valence-electron chi connectivity index (χ4n) is 3.11. The van der Waals surface area contributed by atoms with E-state index in [4.69, 9.17) is 9.47 Å². The molecule has 0 aromatic carbocycles. The molecule has 1 heterocycles. The van der Waals surface area contributed by atoms with Crippen LogP contribution in [0, 0.1) is 5.92 Å². The number of rotatable bonds is 9. The second-order valence-corrected chi connectivity index (χ2v) is 7.39. The first-order chi connectivity index (χ1) is 10.8. The van der Waals surface area contributed by atoms with E-state index in [1.807, 2.05) is 18.7 Å². The fraction of sp³-hybridized carbons (Fsp3) is 0.944. The van der Waals surface area contributed by atoms with Crippen LogP contribution >= 0.6 is 0 Å². The molecule has 3 unspecified atom stereocenters. The largest absolute Gasteiger partial charge is 0.377 e. The van der Waals surface area contributed by atoms with Gasteiger partial charge in [0.05, 0.1) is 31.0 Å². The molecule has 136 valence electrons. The standard InChI is InChI=1S/C18H36N2O3/c1-13(2)22-12-17-8-7-9-20(17)18(21)19-11-15(5)10-16(6)23-14(3)4/h13-17H,7-12H2,1-6H3,(H,19,21). The lowest BCUT2D eigenvalue weighted by atomic mass is 10.0. The number of urea groups is 1. The first-order valence-electron chi connectivity index (χ1n) is 9.11. The van der Waals surface area contributed by atoms with E-state index >= 15 is 0 Å². The number of carbonyl (C=O) groups is 1. The lowest BCUT2D eigenvalue weighted by molar-refractivity contribution is 0.00683. The maximum Gasteiger partial charge on any atom is 0.317 e. The molecule has 0 radical (unpaired) electrons. The van der Waals surface area contributed by atoms with E-state index in [-0.39, 0.29) is 30.4 Å². The summed E-state index contributed by atoms with van der Waals surface area (Å²) in [6.07, 6.45) is 3.74. The van der Waals surface area contributed by atoms with Crippen LogP contribution in [-0.2, 0) is 9.47 Å². The maximum atomic E-state index is 12.4. The molecule has 1 aliphatic rings. The highest BCUT2D eigenvalue weighted by molar-refractivity contribution is 5.74. The third-order valence-corrected chi connectivity index (χ3v) is 4.10. The zero-order valence-electron chi connectivity index (χ0n) is 15.8. The summed E-state index contributed by atoms with van der Waals surface area (Å²) in [6.45, 7) is 14.6. The summed E-state index contributed by atoms with van der Waals surface area (Å²) in [5.74, 6) is 0.403. The van der Waals surface area contributed by atoms with Gasteiger partial charge in [0.15, 0.2) is 0 Å². The summed E-state index contributed by atoms with van der Waals surface area (Å²) in [6, 6.07) is 0.264. The Balaban J connectivity index is 2.31. The summed E-state index contributed by atoms with van der Waals surface area (Å²) >= 11 is 0. The number of nitrogens with one attached hydrogen (secondary N) is 1. The zero-order chi connectivity index (χ0) is 17.4. The van der Waals surface area contributed by atoms with Crippen molar-refractivity contribution in [1.82, 2.24) is 10.2 Å². The molecule has 1 rings (SSSR count). The van der Waals surface area contributed by atoms with Crippen molar-refractivity contribution >= 4 is 6.03 Å². The zero-order valence-corrected chi connectivity index (χ0v) is 15.8. The monoisotopic (exact) mass is 328 g/mol. The molecule has 1 N–H and O–H groups in total. The predicted octanol–water partition coefficient (Wildman–Crippen LogP) is 3.43. The van der Waals surface area contributed by atoms with Gasteiger partial charge in [-0.05, 0) is 59.8 Å². The van der Waals surface area contributed by atoms with Gasteiger partial charge in [0, 0.05) is 13.1 Å². The van der Waals surface area contributed by atoms with Crippen molar-refractivity contribution in [3.05, 3.63) is 0 Å². The van der Waals surface area contributed by atoms with Crippen molar-refractivity contribution in [3.63, 3.8) is 0 Å². The van der Waals surface area contributed by atoms with E-state index in [0.29, 0.717) is 19.1 Å². The normalized spacial score (nSPS) is 21.0. The van der Waals surface area contributed by atoms with Gasteiger partial charge < -0.3 is 19.7 Å². The lowest BCUT2D eigenvalue weighted by Gasteiger charge is -2.27. The molecule has 1 aliphatic heterocycles. The van der Waals surface area contributed by atoms with Crippen LogP contribution < -0.4 is 5.32 Å². The van der Waals surface area contributed by atoms with Gasteiger partial charge in [-0.25, -0.2) is 4.79 Å². The third kappa shape index (κ3) is 8.02. The Bertz CT molecular complexity index is 347. The summed E-state index contributed by atoms with van der Waals surface area (Å²) in [5, 5.41) is 3.08. The number of amides is 2. The minimum Gasteiger partial charge on any atom is -0.377 e. The molecule has 5 heteroatoms. The molecule has 0 saturated carbocycles. The van der Waals surface area contributed by atoms with Gasteiger partial charge >= 0.3 is 6.03 Å². The highest BCUT2D eigenvalue weighted by Gasteiger charge is 2.29. The molecule has 1 saturated heterocycles. The van der Waals surface area contributed by atoms with Crippen molar-refractivity contribution in [2.24, 2.45) is 5.92 Å². The van der Waals surface area contributed by atoms with Gasteiger partial charge in [-0.2, -0.15) is 0 Å². The van der Waals surface area contributed by atoms with Crippen molar-refractivity contribution in [3.8, 4) is 0 Å². The second-order valence-electron chi connectivity index (χ2n) is 7.39. The van der Waals surface area contributed by atoms with Crippen LogP contribution in [0.4, 0.5) is 4.79 Å². The molecule has 3 atom stereocenters. The minimum absolute atomic E-state index is 0.0455. The fourth-order valence-corrected chi connectivity index (χ4v) is 3.11. The maximum absolute atomic E-state index is 12.4. The quantitative estimate of drug-likeness (QED) is 0.705. The van der Waals surface area contributed by atoms with E-state index in [0.717, 1.165) is 25.8 Å². The SMILES string of the molecule is CC(CNC(=O)N1CCCC1COC(C)C)CC(C)OC(C)C. The summed E-state index contributed by atoms with van der Waals surface area (Å²) in [4.78, 5) is 14.3. The molecule has 0 aromatic rings. The van der Waals surface area contributed by atoms with Gasteiger partial charge in [-0.1, -0.05) is 6.92 Å². The van der Waals surface area contributed by atoms with E-state index in [1.165, 1.54) is 0 Å². The molecule has 23 heavy (non-hydrogen) atoms. The molecular formula is C18H36N2O3. The Morgan fingerprint density at radius 1 is 1.17 bits per heavy atom. The van der Waals surface area contributed by atoms with Crippen LogP contribution in [0.3, 0.4) is 0 Å². The van der Waals surface area contributed by atoms with Crippen molar-refractivity contribution < 1.29 is 14.3 Å². The van der Waals surface area contributed by atoms with Gasteiger partial charge in [-0.15, -0.1) is 0 Å². The van der Waals surface area contributed by atoms with E-state index in [9.17, 15) is 4.79 Å². The Labute approximate surface area is 142 Å². The van der Waals surface area contributed by atoms with E-state index in [2.05, 4.69) is 33.0 Å². The molecular weight excluding hydrogens is 292 g/mol. The average Bonchev–Trinajstić information content (AvgIpc) is 2.89. The van der Waals surface area contributed by atoms with Crippen LogP contribution in [0.25, 0.3) is 0 Å². The van der Waals surface area contributed by atoms with Crippen LogP contribution in [0.2, 0.25) is 0 Å². The number of likely N-dealkylation sites (tertiary alicyclic amines) is 1. The lowest BCUT2D eigenvalue weighted by Crippen LogP contribution is -2.46. The predicted molar refractivity (Wildman–Crippen MR) is 93.7 cm³/mol. The Morgan fingerprint density at radius 2 is 1.87 bits per heavy atom. The molecule has 5 nitrogen and oxygen atoms in total. The van der Waals surface area contributed by atoms with Gasteiger partial charge in [-0.3, -0.25) is 0 Å². The summed E-state index contributed by atoms with van der Waals surface area (Å²) in [5.41, 5.74) is 0. The number of carbonyl (C=O) groups excluding carboxylic acids is 1. The Kier molecular flexibility index (Phi) is 8.92. The first kappa shape index (κ1) is 20.2. The second kappa shape index (κ2) is 10.1. The highest BCUT2D eigenvalue weighted by atomic mass is 16.5. The smallest absolute Gasteiger partial charge is 0.317 e. The summed E-state index contributed by atoms with van der Waals surface area (Å²) < 4.78 is 11.4. The van der Waals surface area contributed by atoms with Crippen molar-refractivity contribution in [2.75, 3.05) is 19.7 Å². The molecule has 0 aliphatic carbocycles. The molecule has 0 aromatic heterocycles. The first-order valence-corrected chi connectivity index (χ1v) is 9.11. The Hall–Kier alpha value is -0.810. The number of hydrogen-bond acceptors (Lipinski definition) is 3. The number of ether oxygens (including phenoxy) is 2. The van der Waals surface area contributed by atoms with Gasteiger partial charge in [0.2, 0.25) is 0 Å². The van der Waals surface area contributed by atoms with Gasteiger partial charge in [0.25, 0.3) is 0 Å². The number of nitrogens with zero attached hydrogens (tertiary/aromatic N) is 1. The third-order valence-electron chi connectivity index (χ3n) is 4.10. The number of hydrogen-bond donors (Lipinski definition) is 1. The van der Waals surface area contributed by atoms with Crippen LogP contribution in [-0.4, -0.2) is 55.0 Å².